The average molecular weight is 473 g/mol. The van der Waals surface area contributed by atoms with Crippen LogP contribution in [0.1, 0.15) is 15.9 Å². The molecule has 1 amide bonds. The number of amides is 1. The zero-order valence-electron chi connectivity index (χ0n) is 17.4. The average Bonchev–Trinajstić information content (AvgIpc) is 2.77. The van der Waals surface area contributed by atoms with E-state index in [1.54, 1.807) is 49.5 Å². The first-order valence-corrected chi connectivity index (χ1v) is 11.5. The molecule has 3 rings (SSSR count). The molecule has 5 nitrogen and oxygen atoms in total. The molecule has 0 fully saturated rings. The molecule has 166 valence electrons. The Morgan fingerprint density at radius 1 is 1.06 bits per heavy atom. The first-order chi connectivity index (χ1) is 15.2. The monoisotopic (exact) mass is 472 g/mol. The summed E-state index contributed by atoms with van der Waals surface area (Å²) >= 11 is 6.25. The molecule has 0 saturated heterocycles. The maximum Gasteiger partial charge on any atom is 0.266 e. The molecular weight excluding hydrogens is 451 g/mol. The van der Waals surface area contributed by atoms with Crippen molar-refractivity contribution < 1.29 is 17.6 Å². The first kappa shape index (κ1) is 23.5. The summed E-state index contributed by atoms with van der Waals surface area (Å²) in [5.74, 6) is -0.816. The van der Waals surface area contributed by atoms with Crippen molar-refractivity contribution in [3.63, 3.8) is 0 Å². The van der Waals surface area contributed by atoms with E-state index in [9.17, 15) is 17.6 Å². The molecule has 3 aromatic carbocycles. The summed E-state index contributed by atoms with van der Waals surface area (Å²) in [5.41, 5.74) is 1.21. The zero-order valence-corrected chi connectivity index (χ0v) is 19.0. The highest BCUT2D eigenvalue weighted by molar-refractivity contribution is 7.93. The van der Waals surface area contributed by atoms with Crippen LogP contribution in [0.15, 0.2) is 90.3 Å². The normalized spacial score (nSPS) is 11.1. The minimum Gasteiger partial charge on any atom is -0.337 e. The first-order valence-electron chi connectivity index (χ1n) is 9.72. The summed E-state index contributed by atoms with van der Waals surface area (Å²) in [5, 5.41) is -0.000623. The van der Waals surface area contributed by atoms with Gasteiger partial charge in [-0.3, -0.25) is 9.10 Å². The van der Waals surface area contributed by atoms with Crippen molar-refractivity contribution in [2.45, 2.75) is 11.4 Å². The number of hydrogen-bond donors (Lipinski definition) is 0. The fourth-order valence-corrected chi connectivity index (χ4v) is 5.15. The summed E-state index contributed by atoms with van der Waals surface area (Å²) < 4.78 is 41.5. The molecule has 8 heteroatoms. The Kier molecular flexibility index (Phi) is 7.33. The number of carbonyl (C=O) groups excluding carboxylic acids is 1. The van der Waals surface area contributed by atoms with E-state index < -0.39 is 21.7 Å². The van der Waals surface area contributed by atoms with Gasteiger partial charge in [-0.15, -0.1) is 6.58 Å². The Morgan fingerprint density at radius 2 is 1.78 bits per heavy atom. The van der Waals surface area contributed by atoms with Crippen LogP contribution < -0.4 is 4.31 Å². The van der Waals surface area contributed by atoms with Crippen LogP contribution in [0.25, 0.3) is 0 Å². The SMILES string of the molecule is C=CCN(c1ccccc1)S(=O)(=O)c1cc(C(=O)N(C)Cc2cccc(F)c2)ccc1Cl. The van der Waals surface area contributed by atoms with Crippen LogP contribution in [0, 0.1) is 5.82 Å². The van der Waals surface area contributed by atoms with E-state index in [-0.39, 0.29) is 28.6 Å². The second kappa shape index (κ2) is 9.97. The molecule has 32 heavy (non-hydrogen) atoms. The fourth-order valence-electron chi connectivity index (χ4n) is 3.21. The summed E-state index contributed by atoms with van der Waals surface area (Å²) in [6.45, 7) is 3.83. The molecule has 0 spiro atoms. The highest BCUT2D eigenvalue weighted by atomic mass is 35.5. The molecule has 0 aliphatic carbocycles. The van der Waals surface area contributed by atoms with Gasteiger partial charge in [0.1, 0.15) is 10.7 Å². The Hall–Kier alpha value is -3.16. The van der Waals surface area contributed by atoms with Crippen molar-refractivity contribution >= 4 is 33.2 Å². The second-order valence-corrected chi connectivity index (χ2v) is 9.33. The van der Waals surface area contributed by atoms with E-state index in [2.05, 4.69) is 6.58 Å². The van der Waals surface area contributed by atoms with E-state index in [4.69, 9.17) is 11.6 Å². The number of para-hydroxylation sites is 1. The van der Waals surface area contributed by atoms with Crippen LogP contribution in [0.2, 0.25) is 5.02 Å². The number of hydrogen-bond acceptors (Lipinski definition) is 3. The molecule has 0 atom stereocenters. The van der Waals surface area contributed by atoms with Gasteiger partial charge in [0, 0.05) is 19.2 Å². The number of carbonyl (C=O) groups is 1. The van der Waals surface area contributed by atoms with Crippen molar-refractivity contribution in [3.05, 3.63) is 107 Å². The van der Waals surface area contributed by atoms with Gasteiger partial charge in [-0.2, -0.15) is 0 Å². The maximum atomic E-state index is 13.5. The molecule has 0 N–H and O–H groups in total. The summed E-state index contributed by atoms with van der Waals surface area (Å²) in [6, 6.07) is 18.6. The van der Waals surface area contributed by atoms with Crippen LogP contribution in [0.4, 0.5) is 10.1 Å². The minimum absolute atomic E-state index is 0.000623. The second-order valence-electron chi connectivity index (χ2n) is 7.10. The third-order valence-electron chi connectivity index (χ3n) is 4.74. The van der Waals surface area contributed by atoms with Crippen molar-refractivity contribution in [1.29, 1.82) is 0 Å². The van der Waals surface area contributed by atoms with Crippen molar-refractivity contribution in [2.24, 2.45) is 0 Å². The summed E-state index contributed by atoms with van der Waals surface area (Å²) in [4.78, 5) is 14.2. The number of halogens is 2. The Labute approximate surface area is 192 Å². The standard InChI is InChI=1S/C24H22ClFN2O3S/c1-3-14-28(21-10-5-4-6-11-21)32(30,31)23-16-19(12-13-22(23)25)24(29)27(2)17-18-8-7-9-20(26)15-18/h3-13,15-16H,1,14,17H2,2H3. The molecule has 0 aliphatic heterocycles. The highest BCUT2D eigenvalue weighted by Crippen LogP contribution is 2.29. The van der Waals surface area contributed by atoms with Crippen molar-refractivity contribution in [2.75, 3.05) is 17.9 Å². The van der Waals surface area contributed by atoms with E-state index in [0.717, 1.165) is 0 Å². The quantitative estimate of drug-likeness (QED) is 0.427. The van der Waals surface area contributed by atoms with Crippen LogP contribution in [-0.2, 0) is 16.6 Å². The fraction of sp³-hybridized carbons (Fsp3) is 0.125. The third-order valence-corrected chi connectivity index (χ3v) is 7.02. The topological polar surface area (TPSA) is 57.7 Å². The zero-order chi connectivity index (χ0) is 23.3. The van der Waals surface area contributed by atoms with Gasteiger partial charge in [-0.05, 0) is 48.0 Å². The van der Waals surface area contributed by atoms with Crippen molar-refractivity contribution in [1.82, 2.24) is 4.90 Å². The lowest BCUT2D eigenvalue weighted by atomic mass is 10.1. The third kappa shape index (κ3) is 5.18. The van der Waals surface area contributed by atoms with Gasteiger partial charge in [0.15, 0.2) is 0 Å². The van der Waals surface area contributed by atoms with Gasteiger partial charge < -0.3 is 4.90 Å². The van der Waals surface area contributed by atoms with Crippen LogP contribution in [0.5, 0.6) is 0 Å². The number of sulfonamides is 1. The van der Waals surface area contributed by atoms with Crippen LogP contribution in [-0.4, -0.2) is 32.8 Å². The minimum atomic E-state index is -4.08. The molecule has 0 aromatic heterocycles. The lowest BCUT2D eigenvalue weighted by Crippen LogP contribution is -2.32. The van der Waals surface area contributed by atoms with Crippen molar-refractivity contribution in [3.8, 4) is 0 Å². The largest absolute Gasteiger partial charge is 0.337 e. The number of anilines is 1. The molecule has 0 radical (unpaired) electrons. The van der Waals surface area contributed by atoms with E-state index in [0.29, 0.717) is 11.3 Å². The highest BCUT2D eigenvalue weighted by Gasteiger charge is 2.28. The lowest BCUT2D eigenvalue weighted by molar-refractivity contribution is 0.0784. The van der Waals surface area contributed by atoms with Crippen LogP contribution in [0.3, 0.4) is 0 Å². The van der Waals surface area contributed by atoms with Gasteiger partial charge in [0.25, 0.3) is 15.9 Å². The summed E-state index contributed by atoms with van der Waals surface area (Å²) in [6.07, 6.45) is 1.47. The smallest absolute Gasteiger partial charge is 0.266 e. The number of nitrogens with zero attached hydrogens (tertiary/aromatic N) is 2. The molecular formula is C24H22ClFN2O3S. The van der Waals surface area contributed by atoms with Gasteiger partial charge >= 0.3 is 0 Å². The predicted molar refractivity (Wildman–Crippen MR) is 125 cm³/mol. The lowest BCUT2D eigenvalue weighted by Gasteiger charge is -2.24. The number of benzene rings is 3. The Morgan fingerprint density at radius 3 is 2.44 bits per heavy atom. The Balaban J connectivity index is 1.95. The van der Waals surface area contributed by atoms with Gasteiger partial charge in [-0.1, -0.05) is 48.0 Å². The van der Waals surface area contributed by atoms with Crippen LogP contribution >= 0.6 is 11.6 Å². The molecule has 0 aliphatic rings. The predicted octanol–water partition coefficient (Wildman–Crippen LogP) is 5.13. The molecule has 0 saturated carbocycles. The van der Waals surface area contributed by atoms with Gasteiger partial charge in [0.05, 0.1) is 17.3 Å². The van der Waals surface area contributed by atoms with E-state index >= 15 is 0 Å². The molecule has 0 unspecified atom stereocenters. The molecule has 3 aromatic rings. The summed E-state index contributed by atoms with van der Waals surface area (Å²) in [7, 11) is -2.52. The van der Waals surface area contributed by atoms with E-state index in [1.807, 2.05) is 0 Å². The van der Waals surface area contributed by atoms with Gasteiger partial charge in [-0.25, -0.2) is 12.8 Å². The molecule has 0 bridgehead atoms. The molecule has 0 heterocycles. The van der Waals surface area contributed by atoms with Gasteiger partial charge in [0.2, 0.25) is 0 Å². The maximum absolute atomic E-state index is 13.5. The Bertz CT molecular complexity index is 1230. The number of rotatable bonds is 8. The van der Waals surface area contributed by atoms with E-state index in [1.165, 1.54) is 45.6 Å².